The molecule has 0 aromatic carbocycles. The molecular weight excluding hydrogens is 612 g/mol. The summed E-state index contributed by atoms with van der Waals surface area (Å²) < 4.78 is 7.50. The Hall–Kier alpha value is -4.20. The number of carbonyl (C=O) groups is 2. The van der Waals surface area contributed by atoms with E-state index in [0.717, 1.165) is 85.4 Å². The fourth-order valence-electron chi connectivity index (χ4n) is 6.06. The van der Waals surface area contributed by atoms with Gasteiger partial charge in [-0.25, -0.2) is 9.97 Å². The maximum atomic E-state index is 11.5. The molecule has 2 N–H and O–H groups in total. The van der Waals surface area contributed by atoms with Gasteiger partial charge in [0.1, 0.15) is 0 Å². The van der Waals surface area contributed by atoms with Crippen LogP contribution < -0.4 is 9.97 Å². The van der Waals surface area contributed by atoms with E-state index in [2.05, 4.69) is 40.4 Å². The SMILES string of the molecule is CCC1=C(C)c2cc3[n-]c(cc4nc(cc5[n-]c(cc1n2)c(C)c5CC)C(C)=C4CCC(=O)O)c(CCC(=O)O)c3C.[C-]#[O+].[Fe+3]. The number of nitrogens with zero attached hydrogens (tertiary/aromatic N) is 4. The van der Waals surface area contributed by atoms with E-state index in [4.69, 9.17) is 24.6 Å². The van der Waals surface area contributed by atoms with E-state index in [-0.39, 0.29) is 29.9 Å². The summed E-state index contributed by atoms with van der Waals surface area (Å²) >= 11 is 0. The summed E-state index contributed by atoms with van der Waals surface area (Å²) in [6.07, 6.45) is 2.23. The van der Waals surface area contributed by atoms with Crippen molar-refractivity contribution in [2.75, 3.05) is 0 Å². The molecule has 0 unspecified atom stereocenters. The van der Waals surface area contributed by atoms with Crippen LogP contribution in [0.25, 0.3) is 44.4 Å². The van der Waals surface area contributed by atoms with E-state index in [0.29, 0.717) is 24.1 Å². The average Bonchev–Trinajstić information content (AvgIpc) is 3.64. The van der Waals surface area contributed by atoms with Crippen LogP contribution in [0.3, 0.4) is 0 Å². The zero-order chi connectivity index (χ0) is 32.3. The van der Waals surface area contributed by atoms with Crippen molar-refractivity contribution in [3.05, 3.63) is 75.9 Å². The second-order valence-corrected chi connectivity index (χ2v) is 11.0. The molecule has 0 saturated carbocycles. The number of aromatic nitrogens is 4. The smallest absolute Gasteiger partial charge is 3.00 e. The van der Waals surface area contributed by atoms with Crippen molar-refractivity contribution in [1.29, 1.82) is 0 Å². The molecule has 0 atom stereocenters. The normalized spacial score (nSPS) is 12.4. The summed E-state index contributed by atoms with van der Waals surface area (Å²) in [5.74, 6) is -1.76. The topological polar surface area (TPSA) is 148 Å². The van der Waals surface area contributed by atoms with Gasteiger partial charge in [0.05, 0.1) is 22.8 Å². The number of hydrogen-bond donors (Lipinski definition) is 2. The summed E-state index contributed by atoms with van der Waals surface area (Å²) in [4.78, 5) is 43.1. The van der Waals surface area contributed by atoms with Gasteiger partial charge in [0.25, 0.3) is 0 Å². The number of aryl methyl sites for hydroxylation is 4. The van der Waals surface area contributed by atoms with Gasteiger partial charge < -0.3 is 20.2 Å². The molecule has 2 aliphatic rings. The molecule has 0 aliphatic carbocycles. The van der Waals surface area contributed by atoms with Crippen LogP contribution in [0.15, 0.2) is 24.3 Å². The largest absolute Gasteiger partial charge is 3.00 e. The van der Waals surface area contributed by atoms with E-state index >= 15 is 0 Å². The molecule has 8 bridgehead atoms. The van der Waals surface area contributed by atoms with Gasteiger partial charge in [-0.2, -0.15) is 0 Å². The van der Waals surface area contributed by atoms with Crippen LogP contribution >= 0.6 is 0 Å². The summed E-state index contributed by atoms with van der Waals surface area (Å²) in [5.41, 5.74) is 14.3. The van der Waals surface area contributed by atoms with E-state index in [9.17, 15) is 19.8 Å². The van der Waals surface area contributed by atoms with Gasteiger partial charge in [0.2, 0.25) is 0 Å². The second-order valence-electron chi connectivity index (χ2n) is 11.0. The van der Waals surface area contributed by atoms with Gasteiger partial charge in [0.15, 0.2) is 0 Å². The number of hydrogen-bond acceptors (Lipinski definition) is 4. The number of carboxylic acids is 2. The molecule has 0 spiro atoms. The molecule has 3 aromatic rings. The molecule has 3 aromatic heterocycles. The minimum atomic E-state index is -0.878. The van der Waals surface area contributed by atoms with Gasteiger partial charge in [-0.1, -0.05) is 60.4 Å². The van der Waals surface area contributed by atoms with Crippen LogP contribution in [0.2, 0.25) is 0 Å². The van der Waals surface area contributed by atoms with E-state index < -0.39 is 11.9 Å². The van der Waals surface area contributed by atoms with E-state index in [1.807, 2.05) is 32.0 Å². The van der Waals surface area contributed by atoms with Crippen molar-refractivity contribution in [2.24, 2.45) is 0 Å². The Morgan fingerprint density at radius 2 is 1.09 bits per heavy atom. The van der Waals surface area contributed by atoms with Gasteiger partial charge in [-0.15, -0.1) is 22.1 Å². The third kappa shape index (κ3) is 7.05. The molecule has 9 nitrogen and oxygen atoms in total. The molecule has 45 heavy (non-hydrogen) atoms. The quantitative estimate of drug-likeness (QED) is 0.153. The summed E-state index contributed by atoms with van der Waals surface area (Å²) in [7, 11) is 0. The van der Waals surface area contributed by atoms with Crippen molar-refractivity contribution in [3.63, 3.8) is 0 Å². The minimum absolute atomic E-state index is 0. The monoisotopic (exact) mass is 648 g/mol. The van der Waals surface area contributed by atoms with Crippen LogP contribution in [-0.2, 0) is 44.2 Å². The predicted molar refractivity (Wildman–Crippen MR) is 170 cm³/mol. The van der Waals surface area contributed by atoms with Gasteiger partial charge in [0, 0.05) is 12.8 Å². The number of fused-ring (bicyclic) bond motifs is 8. The van der Waals surface area contributed by atoms with Crippen LogP contribution in [0.5, 0.6) is 0 Å². The Labute approximate surface area is 273 Å². The van der Waals surface area contributed by atoms with Crippen molar-refractivity contribution in [2.45, 2.75) is 80.1 Å². The molecule has 233 valence electrons. The Bertz CT molecular complexity index is 1910. The summed E-state index contributed by atoms with van der Waals surface area (Å²) in [5, 5.41) is 18.9. The molecular formula is C35H36FeN4O5+. The maximum absolute atomic E-state index is 11.5. The molecule has 0 fully saturated rings. The fraction of sp³-hybridized carbons (Fsp3) is 0.343. The molecule has 5 rings (SSSR count). The molecule has 0 amide bonds. The molecule has 2 aliphatic heterocycles. The first kappa shape index (κ1) is 35.3. The van der Waals surface area contributed by atoms with Gasteiger partial charge >= 0.3 is 40.3 Å². The Morgan fingerprint density at radius 3 is 1.62 bits per heavy atom. The van der Waals surface area contributed by atoms with Crippen LogP contribution in [0, 0.1) is 20.5 Å². The van der Waals surface area contributed by atoms with Crippen molar-refractivity contribution in [1.82, 2.24) is 19.9 Å². The molecule has 0 saturated heterocycles. The minimum Gasteiger partial charge on any atom is 3.00 e. The van der Waals surface area contributed by atoms with Crippen molar-refractivity contribution >= 4 is 56.3 Å². The zero-order valence-corrected chi connectivity index (χ0v) is 27.4. The third-order valence-corrected chi connectivity index (χ3v) is 8.53. The predicted octanol–water partition coefficient (Wildman–Crippen LogP) is 6.87. The third-order valence-electron chi connectivity index (χ3n) is 8.53. The Balaban J connectivity index is 0.00000180. The Kier molecular flexibility index (Phi) is 11.5. The number of aliphatic carboxylic acids is 2. The number of rotatable bonds is 8. The standard InChI is InChI=1S/C34H38N4O4.CO.Fe/c1-7-21-17(3)25-13-26-19(5)23(9-11-33(39)40)31(37-26)16-32-24(10-12-34(41)42)20(6)28(38-32)15-30-22(8-2)18(4)27(36-30)14-29(21)35-25;1-2;/h13-16H,7-12H2,1-6H3,(H4,35,36,37,38,39,40,41,42);;/q;;+3/p-2. The van der Waals surface area contributed by atoms with E-state index in [1.54, 1.807) is 0 Å². The van der Waals surface area contributed by atoms with Crippen LogP contribution in [0.1, 0.15) is 98.4 Å². The average molecular weight is 649 g/mol. The van der Waals surface area contributed by atoms with Crippen molar-refractivity contribution in [3.8, 4) is 0 Å². The molecule has 1 radical (unpaired) electrons. The summed E-state index contributed by atoms with van der Waals surface area (Å²) in [6.45, 7) is 16.8. The van der Waals surface area contributed by atoms with Crippen LogP contribution in [-0.4, -0.2) is 32.1 Å². The number of allylic oxidation sites excluding steroid dienone is 4. The first-order chi connectivity index (χ1) is 21.0. The number of carboxylic acid groups (broad SMARTS) is 2. The second kappa shape index (κ2) is 14.7. The van der Waals surface area contributed by atoms with Crippen LogP contribution in [0.4, 0.5) is 0 Å². The maximum Gasteiger partial charge on any atom is 3.00 e. The Morgan fingerprint density at radius 1 is 0.667 bits per heavy atom. The first-order valence-corrected chi connectivity index (χ1v) is 14.7. The zero-order valence-electron chi connectivity index (χ0n) is 26.3. The fourth-order valence-corrected chi connectivity index (χ4v) is 6.06. The van der Waals surface area contributed by atoms with Crippen molar-refractivity contribution < 1.29 is 41.5 Å². The van der Waals surface area contributed by atoms with E-state index in [1.165, 1.54) is 5.57 Å². The molecule has 10 heteroatoms. The van der Waals surface area contributed by atoms with Gasteiger partial charge in [-0.3, -0.25) is 9.59 Å². The summed E-state index contributed by atoms with van der Waals surface area (Å²) in [6, 6.07) is 7.93. The molecule has 5 heterocycles. The van der Waals surface area contributed by atoms with Gasteiger partial charge in [-0.05, 0) is 75.7 Å². The first-order valence-electron chi connectivity index (χ1n) is 14.7.